The average Bonchev–Trinajstić information content (AvgIpc) is 2.86. The van der Waals surface area contributed by atoms with Gasteiger partial charge in [-0.1, -0.05) is 6.07 Å². The van der Waals surface area contributed by atoms with E-state index >= 15 is 4.39 Å². The zero-order chi connectivity index (χ0) is 27.7. The van der Waals surface area contributed by atoms with E-state index in [1.165, 1.54) is 25.3 Å². The molecule has 0 aliphatic carbocycles. The summed E-state index contributed by atoms with van der Waals surface area (Å²) >= 11 is 4.74. The third kappa shape index (κ3) is 8.55. The van der Waals surface area contributed by atoms with Gasteiger partial charge in [0, 0.05) is 57.4 Å². The maximum Gasteiger partial charge on any atom is 0.416 e. The van der Waals surface area contributed by atoms with E-state index in [-0.39, 0.29) is 11.0 Å². The Morgan fingerprint density at radius 1 is 1.13 bits per heavy atom. The number of nitrogens with zero attached hydrogens (tertiary/aromatic N) is 3. The number of nitrogens with two attached hydrogens (primary N) is 1. The van der Waals surface area contributed by atoms with Gasteiger partial charge in [0.25, 0.3) is 0 Å². The minimum absolute atomic E-state index is 0.0189. The summed E-state index contributed by atoms with van der Waals surface area (Å²) in [7, 11) is 0. The number of amides is 1. The summed E-state index contributed by atoms with van der Waals surface area (Å²) in [4.78, 5) is 14.8. The number of benzene rings is 2. The highest BCUT2D eigenvalue weighted by molar-refractivity contribution is 7.80. The number of halogens is 4. The molecule has 0 bridgehead atoms. The lowest BCUT2D eigenvalue weighted by Crippen LogP contribution is -2.47. The Hall–Kier alpha value is -3.45. The monoisotopic (exact) mass is 553 g/mol. The molecule has 8 nitrogen and oxygen atoms in total. The predicted octanol–water partition coefficient (Wildman–Crippen LogP) is 2.95. The Bertz CT molecular complexity index is 1150. The van der Waals surface area contributed by atoms with E-state index in [1.807, 2.05) is 9.80 Å². The molecule has 38 heavy (non-hydrogen) atoms. The maximum absolute atomic E-state index is 15.2. The second kappa shape index (κ2) is 13.4. The molecule has 5 N–H and O–H groups in total. The fourth-order valence-electron chi connectivity index (χ4n) is 4.09. The highest BCUT2D eigenvalue weighted by Crippen LogP contribution is 2.32. The molecule has 2 aromatic carbocycles. The van der Waals surface area contributed by atoms with Gasteiger partial charge < -0.3 is 26.2 Å². The first kappa shape index (κ1) is 29.1. The summed E-state index contributed by atoms with van der Waals surface area (Å²) in [5.74, 6) is -0.533. The van der Waals surface area contributed by atoms with Gasteiger partial charge in [0.2, 0.25) is 5.91 Å². The molecule has 0 aromatic heterocycles. The molecular weight excluding hydrogens is 522 g/mol. The number of piperazine rings is 1. The molecule has 3 rings (SSSR count). The fourth-order valence-corrected chi connectivity index (χ4v) is 4.14. The van der Waals surface area contributed by atoms with E-state index < -0.39 is 17.6 Å². The lowest BCUT2D eigenvalue weighted by molar-refractivity contribution is -0.137. The number of rotatable bonds is 10. The molecule has 206 valence electrons. The molecule has 0 atom stereocenters. The maximum atomic E-state index is 15.2. The van der Waals surface area contributed by atoms with Crippen molar-refractivity contribution in [3.63, 3.8) is 0 Å². The molecule has 0 unspecified atom stereocenters. The van der Waals surface area contributed by atoms with Crippen LogP contribution in [0.1, 0.15) is 30.0 Å². The highest BCUT2D eigenvalue weighted by atomic mass is 32.1. The van der Waals surface area contributed by atoms with Crippen LogP contribution in [0.5, 0.6) is 0 Å². The van der Waals surface area contributed by atoms with Gasteiger partial charge in [0.15, 0.2) is 5.11 Å². The number of carbonyl (C=O) groups is 1. The second-order valence-corrected chi connectivity index (χ2v) is 9.21. The summed E-state index contributed by atoms with van der Waals surface area (Å²) < 4.78 is 54.5. The summed E-state index contributed by atoms with van der Waals surface area (Å²) in [5, 5.41) is 9.94. The minimum Gasteiger partial charge on any atom is -0.375 e. The van der Waals surface area contributed by atoms with Crippen LogP contribution in [0.25, 0.3) is 0 Å². The van der Waals surface area contributed by atoms with Crippen molar-refractivity contribution in [1.82, 2.24) is 16.1 Å². The van der Waals surface area contributed by atoms with E-state index in [9.17, 15) is 18.0 Å². The lowest BCUT2D eigenvalue weighted by Gasteiger charge is -2.38. The van der Waals surface area contributed by atoms with Gasteiger partial charge in [-0.25, -0.2) is 4.39 Å². The van der Waals surface area contributed by atoms with Crippen LogP contribution < -0.4 is 31.6 Å². The molecule has 1 saturated heterocycles. The van der Waals surface area contributed by atoms with Crippen LogP contribution in [-0.4, -0.2) is 56.5 Å². The second-order valence-electron chi connectivity index (χ2n) is 8.77. The van der Waals surface area contributed by atoms with E-state index in [0.29, 0.717) is 62.8 Å². The fraction of sp³-hybridized carbons (Fsp3) is 0.400. The van der Waals surface area contributed by atoms with Gasteiger partial charge in [0.1, 0.15) is 5.82 Å². The third-order valence-corrected chi connectivity index (χ3v) is 6.06. The van der Waals surface area contributed by atoms with Crippen LogP contribution in [0.2, 0.25) is 0 Å². The van der Waals surface area contributed by atoms with Crippen LogP contribution in [0.3, 0.4) is 0 Å². The molecule has 2 aromatic rings. The summed E-state index contributed by atoms with van der Waals surface area (Å²) in [6.45, 7) is 4.81. The van der Waals surface area contributed by atoms with Gasteiger partial charge in [0.05, 0.1) is 17.5 Å². The molecule has 1 fully saturated rings. The van der Waals surface area contributed by atoms with Crippen molar-refractivity contribution in [2.24, 2.45) is 10.8 Å². The highest BCUT2D eigenvalue weighted by Gasteiger charge is 2.31. The molecule has 1 amide bonds. The Kier molecular flexibility index (Phi) is 10.2. The smallest absolute Gasteiger partial charge is 0.375 e. The van der Waals surface area contributed by atoms with E-state index in [0.717, 1.165) is 24.1 Å². The zero-order valence-electron chi connectivity index (χ0n) is 20.9. The predicted molar refractivity (Wildman–Crippen MR) is 145 cm³/mol. The normalized spacial score (nSPS) is 14.1. The number of nitrogens with one attached hydrogen (secondary N) is 3. The summed E-state index contributed by atoms with van der Waals surface area (Å²) in [6, 6.07) is 8.36. The molecular formula is C25H31F4N7OS. The quantitative estimate of drug-likeness (QED) is 0.118. The van der Waals surface area contributed by atoms with Crippen molar-refractivity contribution in [3.05, 3.63) is 58.9 Å². The van der Waals surface area contributed by atoms with Crippen LogP contribution >= 0.6 is 12.2 Å². The van der Waals surface area contributed by atoms with E-state index in [4.69, 9.17) is 18.0 Å². The molecule has 0 saturated carbocycles. The Labute approximate surface area is 224 Å². The number of carbonyl (C=O) groups excluding carboxylic acids is 1. The number of thiocarbonyl (C=S) groups is 1. The van der Waals surface area contributed by atoms with Gasteiger partial charge >= 0.3 is 6.18 Å². The number of hydrazone groups is 1. The van der Waals surface area contributed by atoms with Gasteiger partial charge in [-0.05, 0) is 61.1 Å². The van der Waals surface area contributed by atoms with Gasteiger partial charge in [-0.2, -0.15) is 18.3 Å². The van der Waals surface area contributed by atoms with E-state index in [1.54, 1.807) is 12.1 Å². The van der Waals surface area contributed by atoms with Crippen molar-refractivity contribution in [3.8, 4) is 0 Å². The van der Waals surface area contributed by atoms with Crippen LogP contribution in [0, 0.1) is 5.82 Å². The Morgan fingerprint density at radius 2 is 1.84 bits per heavy atom. The van der Waals surface area contributed by atoms with Gasteiger partial charge in [-0.3, -0.25) is 10.2 Å². The number of hydrogen-bond acceptors (Lipinski definition) is 6. The van der Waals surface area contributed by atoms with Crippen LogP contribution in [-0.2, 0) is 17.5 Å². The first-order chi connectivity index (χ1) is 18.0. The number of hydrogen-bond donors (Lipinski definition) is 4. The third-order valence-electron chi connectivity index (χ3n) is 5.97. The summed E-state index contributed by atoms with van der Waals surface area (Å²) in [5.41, 5.74) is 9.38. The number of alkyl halides is 3. The van der Waals surface area contributed by atoms with Gasteiger partial charge in [-0.15, -0.1) is 0 Å². The van der Waals surface area contributed by atoms with Crippen molar-refractivity contribution in [2.75, 3.05) is 49.1 Å². The minimum atomic E-state index is -4.41. The van der Waals surface area contributed by atoms with E-state index in [2.05, 4.69) is 21.2 Å². The summed E-state index contributed by atoms with van der Waals surface area (Å²) in [6.07, 6.45) is -2.26. The standard InChI is InChI=1S/C25H31F4N7OS/c1-17(37)32-7-3-6-31-15-19-13-23(22(26)12-18(19)16-33-34-24(30)38)36-10-8-35(9-11-36)21-5-2-4-20(14-21)25(27,28)29/h2,4-5,12-14,16,31H,3,6-11,15H2,1H3,(H,32,37)(H3,30,34,38). The van der Waals surface area contributed by atoms with Crippen molar-refractivity contribution in [1.29, 1.82) is 0 Å². The first-order valence-corrected chi connectivity index (χ1v) is 12.5. The van der Waals surface area contributed by atoms with Crippen molar-refractivity contribution < 1.29 is 22.4 Å². The van der Waals surface area contributed by atoms with Crippen molar-refractivity contribution >= 4 is 40.8 Å². The topological polar surface area (TPSA) is 98.0 Å². The Morgan fingerprint density at radius 3 is 2.50 bits per heavy atom. The van der Waals surface area contributed by atoms with Crippen LogP contribution in [0.15, 0.2) is 41.5 Å². The largest absolute Gasteiger partial charge is 0.416 e. The Balaban J connectivity index is 1.71. The molecule has 1 aliphatic heterocycles. The SMILES string of the molecule is CC(=O)NCCCNCc1cc(N2CCN(c3cccc(C(F)(F)F)c3)CC2)c(F)cc1C=NNC(N)=S. The molecule has 0 radical (unpaired) electrons. The average molecular weight is 554 g/mol. The molecule has 13 heteroatoms. The van der Waals surface area contributed by atoms with Crippen molar-refractivity contribution in [2.45, 2.75) is 26.1 Å². The molecule has 0 spiro atoms. The lowest BCUT2D eigenvalue weighted by atomic mass is 10.1. The zero-order valence-corrected chi connectivity index (χ0v) is 21.8. The number of anilines is 2. The van der Waals surface area contributed by atoms with Crippen LogP contribution in [0.4, 0.5) is 28.9 Å². The molecule has 1 heterocycles. The molecule has 1 aliphatic rings. The first-order valence-electron chi connectivity index (χ1n) is 12.1.